The smallest absolute Gasteiger partial charge is 0.138 e. The lowest BCUT2D eigenvalue weighted by atomic mass is 9.79. The molecular weight excluding hydrogens is 344 g/mol. The topological polar surface area (TPSA) is 18.5 Å². The molecule has 0 N–H and O–H groups in total. The monoisotopic (exact) mass is 374 g/mol. The maximum Gasteiger partial charge on any atom is 0.138 e. The lowest BCUT2D eigenvalue weighted by Crippen LogP contribution is -2.42. The van der Waals surface area contributed by atoms with Gasteiger partial charge in [0.1, 0.15) is 22.9 Å². The summed E-state index contributed by atoms with van der Waals surface area (Å²) >= 11 is 0. The Balaban J connectivity index is 1.39. The summed E-state index contributed by atoms with van der Waals surface area (Å²) in [4.78, 5) is 0. The van der Waals surface area contributed by atoms with Gasteiger partial charge in [0.15, 0.2) is 0 Å². The van der Waals surface area contributed by atoms with E-state index in [1.165, 1.54) is 36.8 Å². The van der Waals surface area contributed by atoms with Crippen LogP contribution in [-0.2, 0) is 6.42 Å². The molecule has 1 aromatic carbocycles. The van der Waals surface area contributed by atoms with Gasteiger partial charge in [-0.15, -0.1) is 0 Å². The first-order valence-electron chi connectivity index (χ1n) is 10.5. The molecular formula is C26H30O2. The summed E-state index contributed by atoms with van der Waals surface area (Å²) in [5, 5.41) is 0. The van der Waals surface area contributed by atoms with Crippen molar-refractivity contribution in [1.82, 2.24) is 0 Å². The van der Waals surface area contributed by atoms with Crippen LogP contribution in [0.4, 0.5) is 0 Å². The van der Waals surface area contributed by atoms with Crippen molar-refractivity contribution in [2.45, 2.75) is 58.0 Å². The zero-order valence-electron chi connectivity index (χ0n) is 17.0. The molecule has 3 aliphatic rings. The number of rotatable bonds is 5. The summed E-state index contributed by atoms with van der Waals surface area (Å²) in [7, 11) is 0. The molecule has 1 aliphatic carbocycles. The fourth-order valence-electron chi connectivity index (χ4n) is 4.24. The molecule has 0 amide bonds. The average molecular weight is 375 g/mol. The highest BCUT2D eigenvalue weighted by atomic mass is 16.5. The van der Waals surface area contributed by atoms with Crippen LogP contribution in [0.3, 0.4) is 0 Å². The Morgan fingerprint density at radius 3 is 2.86 bits per heavy atom. The minimum Gasteiger partial charge on any atom is -0.487 e. The zero-order valence-corrected chi connectivity index (χ0v) is 17.0. The Kier molecular flexibility index (Phi) is 5.30. The second-order valence-electron chi connectivity index (χ2n) is 8.52. The van der Waals surface area contributed by atoms with Crippen LogP contribution in [-0.4, -0.2) is 5.60 Å². The number of hydrogen-bond acceptors (Lipinski definition) is 2. The minimum atomic E-state index is -0.166. The molecule has 0 aromatic heterocycles. The number of allylic oxidation sites excluding steroid dienone is 7. The molecule has 0 bridgehead atoms. The molecule has 146 valence electrons. The molecule has 1 aromatic rings. The van der Waals surface area contributed by atoms with Crippen molar-refractivity contribution < 1.29 is 9.47 Å². The zero-order chi connectivity index (χ0) is 19.6. The van der Waals surface area contributed by atoms with Crippen LogP contribution in [0.1, 0.15) is 57.1 Å². The van der Waals surface area contributed by atoms with Gasteiger partial charge in [-0.2, -0.15) is 0 Å². The van der Waals surface area contributed by atoms with Gasteiger partial charge in [-0.25, -0.2) is 0 Å². The Morgan fingerprint density at radius 1 is 1.14 bits per heavy atom. The molecule has 1 unspecified atom stereocenters. The van der Waals surface area contributed by atoms with E-state index in [-0.39, 0.29) is 5.60 Å². The predicted molar refractivity (Wildman–Crippen MR) is 117 cm³/mol. The highest BCUT2D eigenvalue weighted by Gasteiger charge is 2.37. The second-order valence-corrected chi connectivity index (χ2v) is 8.52. The molecule has 2 heteroatoms. The van der Waals surface area contributed by atoms with Crippen molar-refractivity contribution >= 4 is 6.08 Å². The second kappa shape index (κ2) is 7.87. The summed E-state index contributed by atoms with van der Waals surface area (Å²) in [6, 6.07) is 4.25. The maximum atomic E-state index is 6.42. The van der Waals surface area contributed by atoms with Crippen molar-refractivity contribution in [2.75, 3.05) is 0 Å². The minimum absolute atomic E-state index is 0.166. The molecule has 0 saturated carbocycles. The van der Waals surface area contributed by atoms with Crippen molar-refractivity contribution in [3.8, 4) is 11.5 Å². The Bertz CT molecular complexity index is 880. The number of unbranched alkanes of at least 4 members (excludes halogenated alkanes) is 1. The van der Waals surface area contributed by atoms with Gasteiger partial charge in [0.25, 0.3) is 0 Å². The Hall–Kier alpha value is -2.48. The van der Waals surface area contributed by atoms with Gasteiger partial charge in [0, 0.05) is 17.5 Å². The van der Waals surface area contributed by atoms with Gasteiger partial charge < -0.3 is 9.47 Å². The van der Waals surface area contributed by atoms with E-state index in [1.54, 1.807) is 0 Å². The number of ether oxygens (including phenoxy) is 2. The fraction of sp³-hybridized carbons (Fsp3) is 0.385. The van der Waals surface area contributed by atoms with E-state index in [1.807, 2.05) is 12.1 Å². The average Bonchev–Trinajstić information content (AvgIpc) is 2.67. The van der Waals surface area contributed by atoms with Crippen molar-refractivity contribution in [3.05, 3.63) is 77.6 Å². The van der Waals surface area contributed by atoms with Crippen LogP contribution >= 0.6 is 0 Å². The number of benzene rings is 1. The van der Waals surface area contributed by atoms with Gasteiger partial charge in [-0.3, -0.25) is 0 Å². The van der Waals surface area contributed by atoms with Crippen LogP contribution in [0, 0.1) is 5.92 Å². The van der Waals surface area contributed by atoms with Crippen LogP contribution in [0.5, 0.6) is 11.5 Å². The normalized spacial score (nSPS) is 22.3. The standard InChI is InChI=1S/C26H30O2/c1-19-14-15-21-16-22-17-23(26(2,3)28-25(22)18-24(21)27-19)13-9-5-8-12-20-10-6-4-7-11-20/h6,8,10-12,14-16,18,23H,1,4-5,7,9,13,17H2,2-3H3/b12-8+. The molecule has 0 radical (unpaired) electrons. The Labute approximate surface area is 168 Å². The molecule has 2 heterocycles. The highest BCUT2D eigenvalue weighted by molar-refractivity contribution is 5.66. The third kappa shape index (κ3) is 4.16. The van der Waals surface area contributed by atoms with Crippen LogP contribution in [0.25, 0.3) is 6.08 Å². The van der Waals surface area contributed by atoms with E-state index >= 15 is 0 Å². The van der Waals surface area contributed by atoms with Crippen LogP contribution in [0.2, 0.25) is 0 Å². The van der Waals surface area contributed by atoms with E-state index in [0.29, 0.717) is 11.7 Å². The first kappa shape index (κ1) is 18.9. The van der Waals surface area contributed by atoms with Crippen LogP contribution < -0.4 is 9.47 Å². The van der Waals surface area contributed by atoms with E-state index in [4.69, 9.17) is 9.47 Å². The summed E-state index contributed by atoms with van der Waals surface area (Å²) in [6.07, 6.45) is 22.3. The summed E-state index contributed by atoms with van der Waals surface area (Å²) in [5.74, 6) is 2.99. The molecule has 28 heavy (non-hydrogen) atoms. The van der Waals surface area contributed by atoms with Crippen molar-refractivity contribution in [1.29, 1.82) is 0 Å². The van der Waals surface area contributed by atoms with Gasteiger partial charge in [0.2, 0.25) is 0 Å². The van der Waals surface area contributed by atoms with E-state index in [9.17, 15) is 0 Å². The molecule has 2 aliphatic heterocycles. The fourth-order valence-corrected chi connectivity index (χ4v) is 4.24. The van der Waals surface area contributed by atoms with Crippen LogP contribution in [0.15, 0.2) is 66.5 Å². The predicted octanol–water partition coefficient (Wildman–Crippen LogP) is 6.94. The Morgan fingerprint density at radius 2 is 2.04 bits per heavy atom. The number of fused-ring (bicyclic) bond motifs is 2. The summed E-state index contributed by atoms with van der Waals surface area (Å²) in [6.45, 7) is 8.31. The summed E-state index contributed by atoms with van der Waals surface area (Å²) in [5.41, 5.74) is 3.59. The van der Waals surface area contributed by atoms with E-state index in [0.717, 1.165) is 29.9 Å². The first-order chi connectivity index (χ1) is 13.5. The lowest BCUT2D eigenvalue weighted by molar-refractivity contribution is 0.0218. The third-order valence-corrected chi connectivity index (χ3v) is 5.96. The molecule has 2 nitrogen and oxygen atoms in total. The summed E-state index contributed by atoms with van der Waals surface area (Å²) < 4.78 is 12.2. The van der Waals surface area contributed by atoms with E-state index < -0.39 is 0 Å². The molecule has 1 atom stereocenters. The SMILES string of the molecule is C=C1C=Cc2cc3c(cc2O1)OC(C)(C)C(CCC/C=C/C1=CCCC=C1)C3. The first-order valence-corrected chi connectivity index (χ1v) is 10.5. The third-order valence-electron chi connectivity index (χ3n) is 5.96. The van der Waals surface area contributed by atoms with E-state index in [2.05, 4.69) is 62.9 Å². The lowest BCUT2D eigenvalue weighted by Gasteiger charge is -2.40. The molecule has 0 spiro atoms. The number of hydrogen-bond donors (Lipinski definition) is 0. The van der Waals surface area contributed by atoms with Crippen molar-refractivity contribution in [2.24, 2.45) is 5.92 Å². The molecule has 0 saturated heterocycles. The van der Waals surface area contributed by atoms with Gasteiger partial charge >= 0.3 is 0 Å². The maximum absolute atomic E-state index is 6.42. The van der Waals surface area contributed by atoms with Gasteiger partial charge in [0.05, 0.1) is 0 Å². The largest absolute Gasteiger partial charge is 0.487 e. The van der Waals surface area contributed by atoms with Crippen molar-refractivity contribution in [3.63, 3.8) is 0 Å². The molecule has 4 rings (SSSR count). The van der Waals surface area contributed by atoms with Gasteiger partial charge in [-0.05, 0) is 81.7 Å². The quantitative estimate of drug-likeness (QED) is 0.520. The van der Waals surface area contributed by atoms with Gasteiger partial charge in [-0.1, -0.05) is 37.0 Å². The highest BCUT2D eigenvalue weighted by Crippen LogP contribution is 2.43. The molecule has 0 fully saturated rings.